The van der Waals surface area contributed by atoms with E-state index in [1.165, 1.54) is 0 Å². The lowest BCUT2D eigenvalue weighted by molar-refractivity contribution is -0.154. The van der Waals surface area contributed by atoms with Crippen molar-refractivity contribution in [2.75, 3.05) is 13.2 Å². The predicted molar refractivity (Wildman–Crippen MR) is 73.5 cm³/mol. The monoisotopic (exact) mass is 270 g/mol. The molecule has 0 aromatic rings. The van der Waals surface area contributed by atoms with Crippen LogP contribution in [0.5, 0.6) is 0 Å². The molecule has 0 aromatic carbocycles. The first kappa shape index (κ1) is 16.2. The molecule has 0 bridgehead atoms. The summed E-state index contributed by atoms with van der Waals surface area (Å²) >= 11 is 0. The molecule has 110 valence electrons. The highest BCUT2D eigenvalue weighted by Crippen LogP contribution is 2.32. The number of carbonyl (C=O) groups is 1. The summed E-state index contributed by atoms with van der Waals surface area (Å²) in [6.45, 7) is 8.04. The molecule has 0 saturated carbocycles. The highest BCUT2D eigenvalue weighted by molar-refractivity contribution is 5.91. The number of cyclic esters (lactones) is 1. The average Bonchev–Trinajstić information content (AvgIpc) is 2.66. The summed E-state index contributed by atoms with van der Waals surface area (Å²) in [4.78, 5) is 11.7. The Morgan fingerprint density at radius 2 is 1.74 bits per heavy atom. The van der Waals surface area contributed by atoms with Gasteiger partial charge in [0.15, 0.2) is 5.60 Å². The second-order valence-corrected chi connectivity index (χ2v) is 6.18. The van der Waals surface area contributed by atoms with E-state index in [9.17, 15) is 15.0 Å². The van der Waals surface area contributed by atoms with Crippen LogP contribution in [-0.2, 0) is 9.53 Å². The second-order valence-electron chi connectivity index (χ2n) is 6.18. The first-order valence-corrected chi connectivity index (χ1v) is 6.99. The molecule has 1 aliphatic rings. The highest BCUT2D eigenvalue weighted by atomic mass is 16.6. The van der Waals surface area contributed by atoms with Crippen molar-refractivity contribution in [3.05, 3.63) is 11.6 Å². The van der Waals surface area contributed by atoms with E-state index in [2.05, 4.69) is 27.7 Å². The van der Waals surface area contributed by atoms with Gasteiger partial charge in [-0.05, 0) is 24.2 Å². The van der Waals surface area contributed by atoms with Crippen molar-refractivity contribution in [3.63, 3.8) is 0 Å². The molecule has 0 aliphatic carbocycles. The van der Waals surface area contributed by atoms with Gasteiger partial charge in [-0.1, -0.05) is 33.8 Å². The topological polar surface area (TPSA) is 66.8 Å². The minimum absolute atomic E-state index is 0.293. The van der Waals surface area contributed by atoms with Crippen LogP contribution in [0.3, 0.4) is 0 Å². The summed E-state index contributed by atoms with van der Waals surface area (Å²) in [7, 11) is 0. The maximum atomic E-state index is 11.7. The highest BCUT2D eigenvalue weighted by Gasteiger charge is 2.42. The van der Waals surface area contributed by atoms with Crippen LogP contribution >= 0.6 is 0 Å². The van der Waals surface area contributed by atoms with Crippen molar-refractivity contribution in [2.45, 2.75) is 46.1 Å². The maximum Gasteiger partial charge on any atom is 0.334 e. The molecule has 1 rings (SSSR count). The van der Waals surface area contributed by atoms with E-state index in [1.54, 1.807) is 0 Å². The summed E-state index contributed by atoms with van der Waals surface area (Å²) < 4.78 is 5.11. The van der Waals surface area contributed by atoms with Crippen molar-refractivity contribution < 1.29 is 19.7 Å². The lowest BCUT2D eigenvalue weighted by Gasteiger charge is -2.23. The Kier molecular flexibility index (Phi) is 5.56. The van der Waals surface area contributed by atoms with Gasteiger partial charge in [-0.15, -0.1) is 0 Å². The van der Waals surface area contributed by atoms with Crippen LogP contribution in [-0.4, -0.2) is 35.0 Å². The number of hydrogen-bond acceptors (Lipinski definition) is 4. The molecular weight excluding hydrogens is 244 g/mol. The lowest BCUT2D eigenvalue weighted by Crippen LogP contribution is -2.37. The normalized spacial score (nSPS) is 20.9. The van der Waals surface area contributed by atoms with Crippen LogP contribution in [0.15, 0.2) is 11.6 Å². The molecule has 0 amide bonds. The molecule has 1 fully saturated rings. The Balaban J connectivity index is 2.75. The summed E-state index contributed by atoms with van der Waals surface area (Å²) in [5, 5.41) is 18.5. The summed E-state index contributed by atoms with van der Waals surface area (Å²) in [5.74, 6) is 1.21. The molecule has 4 heteroatoms. The van der Waals surface area contributed by atoms with E-state index >= 15 is 0 Å². The van der Waals surface area contributed by atoms with Gasteiger partial charge in [-0.3, -0.25) is 0 Å². The number of aliphatic hydroxyl groups is 2. The van der Waals surface area contributed by atoms with Crippen LogP contribution in [0.4, 0.5) is 0 Å². The molecule has 0 atom stereocenters. The first-order valence-electron chi connectivity index (χ1n) is 6.99. The standard InChI is InChI=1S/C15H26O4/c1-10(2)13(11(3)4)6-5-12-7-15(8-16,9-17)19-14(12)18/h5,10-11,13,16-17H,6-9H2,1-4H3/b12-5+. The number of hydrogen-bond donors (Lipinski definition) is 2. The molecule has 1 aliphatic heterocycles. The van der Waals surface area contributed by atoms with Gasteiger partial charge in [0.05, 0.1) is 13.2 Å². The third-order valence-corrected chi connectivity index (χ3v) is 4.01. The minimum atomic E-state index is -1.12. The van der Waals surface area contributed by atoms with E-state index in [-0.39, 0.29) is 13.2 Å². The van der Waals surface area contributed by atoms with Gasteiger partial charge in [0.1, 0.15) is 0 Å². The minimum Gasteiger partial charge on any atom is -0.450 e. The molecule has 1 saturated heterocycles. The third-order valence-electron chi connectivity index (χ3n) is 4.01. The van der Waals surface area contributed by atoms with Crippen molar-refractivity contribution in [2.24, 2.45) is 17.8 Å². The molecule has 19 heavy (non-hydrogen) atoms. The maximum absolute atomic E-state index is 11.7. The number of carbonyl (C=O) groups excluding carboxylic acids is 1. The van der Waals surface area contributed by atoms with Crippen LogP contribution in [0.1, 0.15) is 40.5 Å². The van der Waals surface area contributed by atoms with Crippen LogP contribution < -0.4 is 0 Å². The fourth-order valence-electron chi connectivity index (χ4n) is 2.69. The van der Waals surface area contributed by atoms with Gasteiger partial charge in [0.25, 0.3) is 0 Å². The second kappa shape index (κ2) is 6.53. The van der Waals surface area contributed by atoms with E-state index in [0.717, 1.165) is 6.42 Å². The average molecular weight is 270 g/mol. The number of ether oxygens (including phenoxy) is 1. The van der Waals surface area contributed by atoms with Gasteiger partial charge in [0.2, 0.25) is 0 Å². The summed E-state index contributed by atoms with van der Waals surface area (Å²) in [5.41, 5.74) is -0.539. The zero-order valence-electron chi connectivity index (χ0n) is 12.3. The quantitative estimate of drug-likeness (QED) is 0.571. The van der Waals surface area contributed by atoms with Gasteiger partial charge in [-0.25, -0.2) is 4.79 Å². The van der Waals surface area contributed by atoms with Crippen LogP contribution in [0.2, 0.25) is 0 Å². The van der Waals surface area contributed by atoms with Crippen molar-refractivity contribution >= 4 is 5.97 Å². The Morgan fingerprint density at radius 1 is 1.21 bits per heavy atom. The Bertz CT molecular complexity index is 332. The molecule has 0 radical (unpaired) electrons. The van der Waals surface area contributed by atoms with E-state index in [4.69, 9.17) is 4.74 Å². The van der Waals surface area contributed by atoms with E-state index in [1.807, 2.05) is 6.08 Å². The van der Waals surface area contributed by atoms with Gasteiger partial charge < -0.3 is 14.9 Å². The molecule has 4 nitrogen and oxygen atoms in total. The SMILES string of the molecule is CC(C)C(C/C=C1\CC(CO)(CO)OC1=O)C(C)C. The van der Waals surface area contributed by atoms with Gasteiger partial charge in [0, 0.05) is 12.0 Å². The first-order chi connectivity index (χ1) is 8.85. The summed E-state index contributed by atoms with van der Waals surface area (Å²) in [6, 6.07) is 0. The van der Waals surface area contributed by atoms with Gasteiger partial charge in [-0.2, -0.15) is 0 Å². The zero-order chi connectivity index (χ0) is 14.6. The smallest absolute Gasteiger partial charge is 0.334 e. The number of rotatable bonds is 6. The van der Waals surface area contributed by atoms with Crippen molar-refractivity contribution in [3.8, 4) is 0 Å². The lowest BCUT2D eigenvalue weighted by atomic mass is 9.82. The molecule has 0 unspecified atom stereocenters. The fraction of sp³-hybridized carbons (Fsp3) is 0.800. The summed E-state index contributed by atoms with van der Waals surface area (Å²) in [6.07, 6.45) is 3.04. The molecule has 0 aromatic heterocycles. The largest absolute Gasteiger partial charge is 0.450 e. The Hall–Kier alpha value is -0.870. The number of allylic oxidation sites excluding steroid dienone is 1. The zero-order valence-corrected chi connectivity index (χ0v) is 12.3. The molecule has 1 heterocycles. The van der Waals surface area contributed by atoms with Crippen molar-refractivity contribution in [1.29, 1.82) is 0 Å². The molecular formula is C15H26O4. The molecule has 0 spiro atoms. The fourth-order valence-corrected chi connectivity index (χ4v) is 2.69. The number of esters is 1. The molecule has 2 N–H and O–H groups in total. The predicted octanol–water partition coefficient (Wildman–Crippen LogP) is 1.90. The van der Waals surface area contributed by atoms with Crippen molar-refractivity contribution in [1.82, 2.24) is 0 Å². The van der Waals surface area contributed by atoms with Crippen LogP contribution in [0.25, 0.3) is 0 Å². The van der Waals surface area contributed by atoms with Gasteiger partial charge >= 0.3 is 5.97 Å². The Morgan fingerprint density at radius 3 is 2.11 bits per heavy atom. The number of aliphatic hydroxyl groups excluding tert-OH is 2. The Labute approximate surface area is 115 Å². The van der Waals surface area contributed by atoms with E-state index < -0.39 is 11.6 Å². The van der Waals surface area contributed by atoms with Crippen LogP contribution in [0, 0.1) is 17.8 Å². The third kappa shape index (κ3) is 3.80. The van der Waals surface area contributed by atoms with E-state index in [0.29, 0.717) is 29.7 Å².